The van der Waals surface area contributed by atoms with Crippen molar-refractivity contribution < 1.29 is 5.11 Å². The van der Waals surface area contributed by atoms with Gasteiger partial charge >= 0.3 is 0 Å². The van der Waals surface area contributed by atoms with E-state index >= 15 is 0 Å². The minimum absolute atomic E-state index is 0.173. The first-order valence-electron chi connectivity index (χ1n) is 10.8. The third-order valence-electron chi connectivity index (χ3n) is 6.81. The normalized spacial score (nSPS) is 22.8. The summed E-state index contributed by atoms with van der Waals surface area (Å²) in [7, 11) is 2.13. The van der Waals surface area contributed by atoms with Gasteiger partial charge < -0.3 is 10.0 Å². The molecule has 0 aliphatic heterocycles. The molecule has 2 aliphatic rings. The van der Waals surface area contributed by atoms with Gasteiger partial charge in [-0.25, -0.2) is 9.97 Å². The number of rotatable bonds is 4. The van der Waals surface area contributed by atoms with Gasteiger partial charge in [-0.1, -0.05) is 18.9 Å². The SMILES string of the molecule is Cc1ncc(-c2ccc(-c3ccc(N(C)[C@H]4C[C@@H]5CC[C@@H](C5)C4)nn3)c(O)c2)cn1. The van der Waals surface area contributed by atoms with Crippen molar-refractivity contribution in [3.63, 3.8) is 0 Å². The minimum Gasteiger partial charge on any atom is -0.507 e. The Kier molecular flexibility index (Phi) is 4.85. The Labute approximate surface area is 177 Å². The fourth-order valence-corrected chi connectivity index (χ4v) is 5.10. The molecule has 0 saturated heterocycles. The van der Waals surface area contributed by atoms with Gasteiger partial charge in [-0.2, -0.15) is 0 Å². The second-order valence-electron chi connectivity index (χ2n) is 8.81. The first-order valence-corrected chi connectivity index (χ1v) is 10.8. The number of phenolic OH excluding ortho intramolecular Hbond substituents is 1. The zero-order valence-electron chi connectivity index (χ0n) is 17.5. The maximum atomic E-state index is 10.6. The highest BCUT2D eigenvalue weighted by molar-refractivity contribution is 5.73. The highest BCUT2D eigenvalue weighted by Crippen LogP contribution is 2.43. The number of phenols is 1. The topological polar surface area (TPSA) is 75.0 Å². The van der Waals surface area contributed by atoms with Crippen LogP contribution < -0.4 is 4.90 Å². The van der Waals surface area contributed by atoms with Gasteiger partial charge in [0.1, 0.15) is 11.6 Å². The molecule has 2 bridgehead atoms. The third-order valence-corrected chi connectivity index (χ3v) is 6.81. The van der Waals surface area contributed by atoms with E-state index in [-0.39, 0.29) is 5.75 Å². The van der Waals surface area contributed by atoms with E-state index in [4.69, 9.17) is 0 Å². The number of anilines is 1. The number of aryl methyl sites for hydroxylation is 1. The van der Waals surface area contributed by atoms with E-state index in [1.165, 1.54) is 32.1 Å². The van der Waals surface area contributed by atoms with Gasteiger partial charge in [0.15, 0.2) is 5.82 Å². The van der Waals surface area contributed by atoms with Crippen LogP contribution in [0.4, 0.5) is 5.82 Å². The van der Waals surface area contributed by atoms with E-state index in [2.05, 4.69) is 32.1 Å². The van der Waals surface area contributed by atoms with Crippen LogP contribution in [0, 0.1) is 18.8 Å². The summed E-state index contributed by atoms with van der Waals surface area (Å²) in [5, 5.41) is 19.5. The second kappa shape index (κ2) is 7.67. The van der Waals surface area contributed by atoms with Crippen molar-refractivity contribution in [3.05, 3.63) is 48.5 Å². The molecule has 6 nitrogen and oxygen atoms in total. The van der Waals surface area contributed by atoms with Crippen LogP contribution in [-0.4, -0.2) is 38.4 Å². The molecule has 5 rings (SSSR count). The molecule has 0 unspecified atom stereocenters. The summed E-state index contributed by atoms with van der Waals surface area (Å²) >= 11 is 0. The van der Waals surface area contributed by atoms with Crippen LogP contribution in [0.2, 0.25) is 0 Å². The average Bonchev–Trinajstić information content (AvgIpc) is 3.11. The van der Waals surface area contributed by atoms with Gasteiger partial charge in [-0.05, 0) is 67.9 Å². The van der Waals surface area contributed by atoms with Crippen molar-refractivity contribution in [1.82, 2.24) is 20.2 Å². The Balaban J connectivity index is 1.34. The predicted octanol–water partition coefficient (Wildman–Crippen LogP) is 4.63. The van der Waals surface area contributed by atoms with E-state index in [0.717, 1.165) is 34.6 Å². The molecule has 3 aromatic rings. The predicted molar refractivity (Wildman–Crippen MR) is 117 cm³/mol. The number of benzene rings is 1. The van der Waals surface area contributed by atoms with Crippen LogP contribution in [0.25, 0.3) is 22.4 Å². The summed E-state index contributed by atoms with van der Waals surface area (Å²) in [6, 6.07) is 10.1. The smallest absolute Gasteiger partial charge is 0.151 e. The van der Waals surface area contributed by atoms with Crippen molar-refractivity contribution in [1.29, 1.82) is 0 Å². The quantitative estimate of drug-likeness (QED) is 0.687. The summed E-state index contributed by atoms with van der Waals surface area (Å²) in [5.41, 5.74) is 3.07. The second-order valence-corrected chi connectivity index (χ2v) is 8.81. The molecule has 30 heavy (non-hydrogen) atoms. The van der Waals surface area contributed by atoms with E-state index in [9.17, 15) is 5.11 Å². The number of aromatic hydroxyl groups is 1. The number of fused-ring (bicyclic) bond motifs is 2. The van der Waals surface area contributed by atoms with E-state index in [1.807, 2.05) is 31.2 Å². The zero-order chi connectivity index (χ0) is 20.7. The molecule has 1 aromatic carbocycles. The molecular formula is C24H27N5O. The molecule has 3 atom stereocenters. The van der Waals surface area contributed by atoms with Crippen LogP contribution in [-0.2, 0) is 0 Å². The van der Waals surface area contributed by atoms with Gasteiger partial charge in [-0.15, -0.1) is 10.2 Å². The molecule has 0 spiro atoms. The summed E-state index contributed by atoms with van der Waals surface area (Å²) in [4.78, 5) is 10.7. The Morgan fingerprint density at radius 3 is 2.27 bits per heavy atom. The number of aromatic nitrogens is 4. The van der Waals surface area contributed by atoms with Gasteiger partial charge in [-0.3, -0.25) is 0 Å². The molecule has 154 valence electrons. The number of nitrogens with zero attached hydrogens (tertiary/aromatic N) is 5. The zero-order valence-corrected chi connectivity index (χ0v) is 17.5. The van der Waals surface area contributed by atoms with E-state index in [0.29, 0.717) is 17.3 Å². The summed E-state index contributed by atoms with van der Waals surface area (Å²) < 4.78 is 0. The molecule has 2 heterocycles. The fraction of sp³-hybridized carbons (Fsp3) is 0.417. The lowest BCUT2D eigenvalue weighted by Gasteiger charge is -2.35. The lowest BCUT2D eigenvalue weighted by atomic mass is 9.85. The van der Waals surface area contributed by atoms with Crippen LogP contribution in [0.1, 0.15) is 37.9 Å². The lowest BCUT2D eigenvalue weighted by Crippen LogP contribution is -2.37. The molecule has 6 heteroatoms. The molecule has 2 aromatic heterocycles. The first-order chi connectivity index (χ1) is 14.6. The van der Waals surface area contributed by atoms with Gasteiger partial charge in [0, 0.05) is 36.6 Å². The lowest BCUT2D eigenvalue weighted by molar-refractivity contribution is 0.312. The highest BCUT2D eigenvalue weighted by Gasteiger charge is 2.36. The van der Waals surface area contributed by atoms with Crippen molar-refractivity contribution >= 4 is 5.82 Å². The molecule has 0 amide bonds. The molecule has 2 aliphatic carbocycles. The summed E-state index contributed by atoms with van der Waals surface area (Å²) in [5.74, 6) is 3.57. The average molecular weight is 402 g/mol. The molecular weight excluding hydrogens is 374 g/mol. The Bertz CT molecular complexity index is 1020. The molecule has 1 N–H and O–H groups in total. The van der Waals surface area contributed by atoms with Crippen LogP contribution >= 0.6 is 0 Å². The van der Waals surface area contributed by atoms with Crippen LogP contribution in [0.3, 0.4) is 0 Å². The van der Waals surface area contributed by atoms with Crippen molar-refractivity contribution in [2.75, 3.05) is 11.9 Å². The monoisotopic (exact) mass is 401 g/mol. The Hall–Kier alpha value is -3.02. The minimum atomic E-state index is 0.173. The highest BCUT2D eigenvalue weighted by atomic mass is 16.3. The summed E-state index contributed by atoms with van der Waals surface area (Å²) in [6.07, 6.45) is 10.3. The third kappa shape index (κ3) is 3.62. The van der Waals surface area contributed by atoms with Crippen molar-refractivity contribution in [3.8, 4) is 28.1 Å². The maximum absolute atomic E-state index is 10.6. The van der Waals surface area contributed by atoms with Crippen LogP contribution in [0.15, 0.2) is 42.7 Å². The summed E-state index contributed by atoms with van der Waals surface area (Å²) in [6.45, 7) is 1.85. The van der Waals surface area contributed by atoms with Crippen molar-refractivity contribution in [2.45, 2.75) is 45.1 Å². The van der Waals surface area contributed by atoms with E-state index in [1.54, 1.807) is 18.5 Å². The Morgan fingerprint density at radius 1 is 0.900 bits per heavy atom. The molecule has 2 fully saturated rings. The Morgan fingerprint density at radius 2 is 1.63 bits per heavy atom. The van der Waals surface area contributed by atoms with Gasteiger partial charge in [0.25, 0.3) is 0 Å². The molecule has 0 radical (unpaired) electrons. The fourth-order valence-electron chi connectivity index (χ4n) is 5.10. The van der Waals surface area contributed by atoms with Crippen molar-refractivity contribution in [2.24, 2.45) is 11.8 Å². The largest absolute Gasteiger partial charge is 0.507 e. The molecule has 2 saturated carbocycles. The van der Waals surface area contributed by atoms with Crippen LogP contribution in [0.5, 0.6) is 5.75 Å². The number of hydrogen-bond donors (Lipinski definition) is 1. The standard InChI is InChI=1S/C24H27N5O/c1-15-25-13-19(14-26-15)18-5-6-21(23(30)12-18)22-7-8-24(28-27-22)29(2)20-10-16-3-4-17(9-16)11-20/h5-8,12-14,16-17,20,30H,3-4,9-11H2,1-2H3/t16-,17+,20+. The number of hydrogen-bond acceptors (Lipinski definition) is 6. The van der Waals surface area contributed by atoms with E-state index < -0.39 is 0 Å². The maximum Gasteiger partial charge on any atom is 0.151 e. The van der Waals surface area contributed by atoms with Gasteiger partial charge in [0.05, 0.1) is 5.69 Å². The van der Waals surface area contributed by atoms with Gasteiger partial charge in [0.2, 0.25) is 0 Å². The first kappa shape index (κ1) is 19.0.